The maximum atomic E-state index is 12.6. The topological polar surface area (TPSA) is 126 Å². The first-order chi connectivity index (χ1) is 15.9. The number of carbonyl (C=O) groups excluding carboxylic acids is 1. The molecule has 4 rings (SSSR count). The van der Waals surface area contributed by atoms with Crippen molar-refractivity contribution >= 4 is 34.5 Å². The molecule has 0 spiro atoms. The molecule has 3 N–H and O–H groups in total. The highest BCUT2D eigenvalue weighted by atomic mass is 32.2. The molecule has 0 bridgehead atoms. The molecule has 33 heavy (non-hydrogen) atoms. The third-order valence-electron chi connectivity index (χ3n) is 5.07. The van der Waals surface area contributed by atoms with Crippen LogP contribution in [0.2, 0.25) is 0 Å². The van der Waals surface area contributed by atoms with Crippen LogP contribution in [0.25, 0.3) is 22.5 Å². The zero-order chi connectivity index (χ0) is 23.4. The summed E-state index contributed by atoms with van der Waals surface area (Å²) < 4.78 is 7.38. The molecule has 9 nitrogen and oxygen atoms in total. The van der Waals surface area contributed by atoms with Gasteiger partial charge in [-0.15, -0.1) is 10.2 Å². The van der Waals surface area contributed by atoms with E-state index >= 15 is 0 Å². The van der Waals surface area contributed by atoms with Crippen LogP contribution in [0.5, 0.6) is 0 Å². The molecule has 3 aromatic heterocycles. The number of fused-ring (bicyclic) bond motifs is 1. The fourth-order valence-corrected chi connectivity index (χ4v) is 4.36. The number of nitrogens with one attached hydrogen (secondary N) is 2. The molecule has 0 unspecified atom stereocenters. The first-order valence-electron chi connectivity index (χ1n) is 10.6. The molecule has 172 valence electrons. The van der Waals surface area contributed by atoms with Gasteiger partial charge in [-0.3, -0.25) is 9.36 Å². The Bertz CT molecular complexity index is 1250. The Morgan fingerprint density at radius 3 is 2.76 bits per heavy atom. The summed E-state index contributed by atoms with van der Waals surface area (Å²) in [6, 6.07) is 10.2. The highest BCUT2D eigenvalue weighted by molar-refractivity contribution is 7.99. The summed E-state index contributed by atoms with van der Waals surface area (Å²) in [5.41, 5.74) is 1.76. The fourth-order valence-electron chi connectivity index (χ4n) is 3.60. The number of aromatic amines is 1. The summed E-state index contributed by atoms with van der Waals surface area (Å²) in [5, 5.41) is 22.3. The minimum Gasteiger partial charge on any atom is -0.480 e. The van der Waals surface area contributed by atoms with Crippen molar-refractivity contribution in [1.82, 2.24) is 25.1 Å². The van der Waals surface area contributed by atoms with Crippen LogP contribution < -0.4 is 5.32 Å². The van der Waals surface area contributed by atoms with Crippen LogP contribution in [0.1, 0.15) is 19.4 Å². The number of aromatic nitrogens is 4. The number of para-hydroxylation sites is 1. The van der Waals surface area contributed by atoms with Crippen molar-refractivity contribution in [1.29, 1.82) is 0 Å². The van der Waals surface area contributed by atoms with Gasteiger partial charge in [0.15, 0.2) is 16.7 Å². The number of hydrogen-bond donors (Lipinski definition) is 3. The summed E-state index contributed by atoms with van der Waals surface area (Å²) in [7, 11) is 0. The third kappa shape index (κ3) is 5.28. The Morgan fingerprint density at radius 2 is 2.03 bits per heavy atom. The average Bonchev–Trinajstić information content (AvgIpc) is 3.52. The van der Waals surface area contributed by atoms with Gasteiger partial charge in [-0.05, 0) is 29.7 Å². The number of furan rings is 1. The van der Waals surface area contributed by atoms with Crippen LogP contribution in [0, 0.1) is 5.92 Å². The minimum atomic E-state index is -1.08. The lowest BCUT2D eigenvalue weighted by Gasteiger charge is -2.15. The van der Waals surface area contributed by atoms with Gasteiger partial charge >= 0.3 is 5.97 Å². The van der Waals surface area contributed by atoms with E-state index in [0.29, 0.717) is 29.2 Å². The summed E-state index contributed by atoms with van der Waals surface area (Å²) >= 11 is 1.22. The molecule has 3 heterocycles. The predicted octanol–water partition coefficient (Wildman–Crippen LogP) is 3.58. The monoisotopic (exact) mass is 467 g/mol. The van der Waals surface area contributed by atoms with Crippen LogP contribution >= 0.6 is 11.8 Å². The second-order valence-electron chi connectivity index (χ2n) is 8.10. The second-order valence-corrected chi connectivity index (χ2v) is 9.04. The van der Waals surface area contributed by atoms with Crippen molar-refractivity contribution in [2.75, 3.05) is 5.75 Å². The van der Waals surface area contributed by atoms with Crippen molar-refractivity contribution in [3.05, 3.63) is 54.4 Å². The maximum Gasteiger partial charge on any atom is 0.326 e. The standard InChI is InChI=1S/C23H25N5O4S/c1-14(2)12-28-21(19-8-5-9-32-19)26-27-23(28)33-13-20(29)25-18(22(30)31)10-15-11-24-17-7-4-3-6-16(15)17/h3-9,11,14,18,24H,10,12-13H2,1-2H3,(H,25,29)(H,30,31)/t18-/m0/s1. The number of hydrogen-bond acceptors (Lipinski definition) is 6. The smallest absolute Gasteiger partial charge is 0.326 e. The Kier molecular flexibility index (Phi) is 6.83. The lowest BCUT2D eigenvalue weighted by atomic mass is 10.1. The number of thioether (sulfide) groups is 1. The summed E-state index contributed by atoms with van der Waals surface area (Å²) in [5.74, 6) is 0.0815. The molecule has 0 aliphatic carbocycles. The molecule has 0 aliphatic heterocycles. The van der Waals surface area contributed by atoms with Gasteiger partial charge < -0.3 is 19.8 Å². The van der Waals surface area contributed by atoms with Gasteiger partial charge in [0.2, 0.25) is 5.91 Å². The van der Waals surface area contributed by atoms with Gasteiger partial charge in [0.25, 0.3) is 0 Å². The first-order valence-corrected chi connectivity index (χ1v) is 11.6. The van der Waals surface area contributed by atoms with E-state index in [0.717, 1.165) is 16.5 Å². The SMILES string of the molecule is CC(C)Cn1c(SCC(=O)N[C@@H](Cc2c[nH]c3ccccc23)C(=O)O)nnc1-c1ccco1. The number of carboxylic acids is 1. The predicted molar refractivity (Wildman–Crippen MR) is 125 cm³/mol. The van der Waals surface area contributed by atoms with E-state index in [1.54, 1.807) is 18.5 Å². The van der Waals surface area contributed by atoms with Crippen molar-refractivity contribution in [3.63, 3.8) is 0 Å². The number of benzene rings is 1. The second kappa shape index (κ2) is 9.95. The van der Waals surface area contributed by atoms with Crippen LogP contribution in [0.3, 0.4) is 0 Å². The Labute approximate surface area is 194 Å². The molecule has 0 saturated heterocycles. The quantitative estimate of drug-likeness (QED) is 0.304. The van der Waals surface area contributed by atoms with E-state index in [9.17, 15) is 14.7 Å². The number of rotatable bonds is 10. The van der Waals surface area contributed by atoms with Gasteiger partial charge in [-0.2, -0.15) is 0 Å². The average molecular weight is 468 g/mol. The number of aliphatic carboxylic acids is 1. The number of amides is 1. The normalized spacial score (nSPS) is 12.3. The summed E-state index contributed by atoms with van der Waals surface area (Å²) in [6.07, 6.45) is 3.54. The van der Waals surface area contributed by atoms with Gasteiger partial charge in [0.05, 0.1) is 12.0 Å². The molecular weight excluding hydrogens is 442 g/mol. The lowest BCUT2D eigenvalue weighted by Crippen LogP contribution is -2.43. The van der Waals surface area contributed by atoms with Crippen molar-refractivity contribution in [3.8, 4) is 11.6 Å². The van der Waals surface area contributed by atoms with Crippen molar-refractivity contribution in [2.24, 2.45) is 5.92 Å². The molecule has 0 aliphatic rings. The van der Waals surface area contributed by atoms with E-state index in [4.69, 9.17) is 4.42 Å². The Balaban J connectivity index is 1.43. The third-order valence-corrected chi connectivity index (χ3v) is 6.04. The van der Waals surface area contributed by atoms with E-state index in [2.05, 4.69) is 34.3 Å². The number of H-pyrrole nitrogens is 1. The van der Waals surface area contributed by atoms with Crippen LogP contribution in [-0.2, 0) is 22.6 Å². The summed E-state index contributed by atoms with van der Waals surface area (Å²) in [6.45, 7) is 4.82. The molecule has 4 aromatic rings. The first kappa shape index (κ1) is 22.7. The highest BCUT2D eigenvalue weighted by Crippen LogP contribution is 2.25. The Hall–Kier alpha value is -3.53. The van der Waals surface area contributed by atoms with Crippen LogP contribution in [0.4, 0.5) is 0 Å². The molecule has 0 fully saturated rings. The van der Waals surface area contributed by atoms with Gasteiger partial charge in [-0.1, -0.05) is 43.8 Å². The van der Waals surface area contributed by atoms with Crippen LogP contribution in [0.15, 0.2) is 58.4 Å². The van der Waals surface area contributed by atoms with E-state index in [1.165, 1.54) is 11.8 Å². The molecule has 0 saturated carbocycles. The number of carbonyl (C=O) groups is 2. The van der Waals surface area contributed by atoms with E-state index in [-0.39, 0.29) is 18.1 Å². The zero-order valence-corrected chi connectivity index (χ0v) is 19.1. The number of carboxylic acid groups (broad SMARTS) is 1. The summed E-state index contributed by atoms with van der Waals surface area (Å²) in [4.78, 5) is 27.6. The van der Waals surface area contributed by atoms with Crippen molar-refractivity contribution < 1.29 is 19.1 Å². The number of nitrogens with zero attached hydrogens (tertiary/aromatic N) is 3. The van der Waals surface area contributed by atoms with Crippen LogP contribution in [-0.4, -0.2) is 48.5 Å². The minimum absolute atomic E-state index is 0.0199. The van der Waals surface area contributed by atoms with E-state index in [1.807, 2.05) is 34.9 Å². The Morgan fingerprint density at radius 1 is 1.21 bits per heavy atom. The van der Waals surface area contributed by atoms with Gasteiger partial charge in [0.1, 0.15) is 6.04 Å². The van der Waals surface area contributed by atoms with E-state index < -0.39 is 12.0 Å². The van der Waals surface area contributed by atoms with Crippen molar-refractivity contribution in [2.45, 2.75) is 38.0 Å². The molecule has 1 amide bonds. The lowest BCUT2D eigenvalue weighted by molar-refractivity contribution is -0.141. The van der Waals surface area contributed by atoms with Gasteiger partial charge in [-0.25, -0.2) is 4.79 Å². The zero-order valence-electron chi connectivity index (χ0n) is 18.3. The molecule has 0 radical (unpaired) electrons. The fraction of sp³-hybridized carbons (Fsp3) is 0.304. The molecule has 1 atom stereocenters. The highest BCUT2D eigenvalue weighted by Gasteiger charge is 2.23. The maximum absolute atomic E-state index is 12.6. The molecule has 10 heteroatoms. The molecular formula is C23H25N5O4S. The van der Waals surface area contributed by atoms with Gasteiger partial charge in [0, 0.05) is 30.1 Å². The largest absolute Gasteiger partial charge is 0.480 e. The molecule has 1 aromatic carbocycles.